The molecule has 1 aliphatic heterocycles. The Labute approximate surface area is 121 Å². The van der Waals surface area contributed by atoms with Crippen LogP contribution >= 0.6 is 0 Å². The van der Waals surface area contributed by atoms with E-state index in [-0.39, 0.29) is 18.8 Å². The van der Waals surface area contributed by atoms with Crippen molar-refractivity contribution in [3.63, 3.8) is 0 Å². The minimum Gasteiger partial charge on any atom is -0.459 e. The normalized spacial score (nSPS) is 25.7. The van der Waals surface area contributed by atoms with Crippen LogP contribution in [0.25, 0.3) is 6.08 Å². The summed E-state index contributed by atoms with van der Waals surface area (Å²) in [6, 6.07) is 3.16. The lowest BCUT2D eigenvalue weighted by Gasteiger charge is -2.16. The molecule has 1 aromatic rings. The van der Waals surface area contributed by atoms with E-state index in [1.165, 1.54) is 6.08 Å². The zero-order chi connectivity index (χ0) is 15.4. The Bertz CT molecular complexity index is 519. The van der Waals surface area contributed by atoms with Crippen molar-refractivity contribution >= 4 is 11.9 Å². The van der Waals surface area contributed by atoms with Gasteiger partial charge >= 0.3 is 0 Å². The van der Waals surface area contributed by atoms with Crippen molar-refractivity contribution in [2.24, 2.45) is 0 Å². The monoisotopic (exact) mass is 298 g/mol. The summed E-state index contributed by atoms with van der Waals surface area (Å²) in [5.41, 5.74) is 0.161. The Kier molecular flexibility index (Phi) is 5.27. The second kappa shape index (κ2) is 6.97. The fourth-order valence-electron chi connectivity index (χ4n) is 2.07. The van der Waals surface area contributed by atoms with Crippen LogP contribution in [-0.2, 0) is 20.9 Å². The van der Waals surface area contributed by atoms with Crippen molar-refractivity contribution in [2.75, 3.05) is 13.2 Å². The van der Waals surface area contributed by atoms with Crippen molar-refractivity contribution in [3.05, 3.63) is 29.2 Å². The van der Waals surface area contributed by atoms with E-state index in [1.807, 2.05) is 0 Å². The molecule has 21 heavy (non-hydrogen) atoms. The molecule has 0 aromatic carbocycles. The van der Waals surface area contributed by atoms with E-state index >= 15 is 0 Å². The summed E-state index contributed by atoms with van der Waals surface area (Å²) in [5.74, 6) is 0.281. The van der Waals surface area contributed by atoms with Gasteiger partial charge in [-0.05, 0) is 25.1 Å². The van der Waals surface area contributed by atoms with E-state index < -0.39 is 30.9 Å². The first-order valence-electron chi connectivity index (χ1n) is 6.62. The second-order valence-corrected chi connectivity index (χ2v) is 4.52. The van der Waals surface area contributed by atoms with Gasteiger partial charge in [0.25, 0.3) is 0 Å². The van der Waals surface area contributed by atoms with Gasteiger partial charge in [0.05, 0.1) is 6.61 Å². The van der Waals surface area contributed by atoms with E-state index in [2.05, 4.69) is 0 Å². The summed E-state index contributed by atoms with van der Waals surface area (Å²) in [7, 11) is 0. The average Bonchev–Trinajstić information content (AvgIpc) is 3.06. The standard InChI is InChI=1S/C14H18O7/c1-2-19-14-12(18)10(13(21-14)11(17)7-16)5-8-3-4-9(6-15)20-8/h3-5,11,13-17H,2,6-7H2,1H3/b10-5+/t11?,13-,14?/m0/s1. The summed E-state index contributed by atoms with van der Waals surface area (Å²) >= 11 is 0. The molecule has 3 atom stereocenters. The molecule has 2 rings (SSSR count). The summed E-state index contributed by atoms with van der Waals surface area (Å²) < 4.78 is 15.8. The molecule has 0 bridgehead atoms. The first kappa shape index (κ1) is 15.9. The van der Waals surface area contributed by atoms with Crippen LogP contribution in [0.3, 0.4) is 0 Å². The Hall–Kier alpha value is -1.51. The lowest BCUT2D eigenvalue weighted by Crippen LogP contribution is -2.31. The molecule has 1 fully saturated rings. The highest BCUT2D eigenvalue weighted by Crippen LogP contribution is 2.28. The van der Waals surface area contributed by atoms with E-state index in [4.69, 9.17) is 24.1 Å². The molecule has 2 heterocycles. The molecule has 1 aliphatic rings. The van der Waals surface area contributed by atoms with E-state index in [0.717, 1.165) is 0 Å². The molecule has 7 nitrogen and oxygen atoms in total. The van der Waals surface area contributed by atoms with Crippen molar-refractivity contribution in [2.45, 2.75) is 32.0 Å². The molecule has 2 unspecified atom stereocenters. The van der Waals surface area contributed by atoms with Gasteiger partial charge in [0.15, 0.2) is 0 Å². The molecule has 7 heteroatoms. The van der Waals surface area contributed by atoms with Gasteiger partial charge in [-0.3, -0.25) is 4.79 Å². The van der Waals surface area contributed by atoms with Crippen LogP contribution in [0.1, 0.15) is 18.4 Å². The predicted octanol–water partition coefficient (Wildman–Crippen LogP) is -0.161. The first-order valence-corrected chi connectivity index (χ1v) is 6.62. The number of furan rings is 1. The summed E-state index contributed by atoms with van der Waals surface area (Å²) in [6.45, 7) is 1.20. The van der Waals surface area contributed by atoms with E-state index in [0.29, 0.717) is 11.5 Å². The molecular weight excluding hydrogens is 280 g/mol. The molecule has 1 saturated heterocycles. The van der Waals surface area contributed by atoms with Crippen LogP contribution < -0.4 is 0 Å². The Morgan fingerprint density at radius 3 is 2.76 bits per heavy atom. The molecule has 1 aromatic heterocycles. The van der Waals surface area contributed by atoms with Crippen molar-refractivity contribution in [1.82, 2.24) is 0 Å². The lowest BCUT2D eigenvalue weighted by atomic mass is 10.0. The molecular formula is C14H18O7. The highest BCUT2D eigenvalue weighted by atomic mass is 16.7. The third-order valence-corrected chi connectivity index (χ3v) is 3.07. The van der Waals surface area contributed by atoms with Gasteiger partial charge in [0, 0.05) is 12.2 Å². The highest BCUT2D eigenvalue weighted by Gasteiger charge is 2.42. The number of ketones is 1. The van der Waals surface area contributed by atoms with Crippen LogP contribution in [0, 0.1) is 0 Å². The molecule has 0 spiro atoms. The predicted molar refractivity (Wildman–Crippen MR) is 71.0 cm³/mol. The number of hydrogen-bond donors (Lipinski definition) is 3. The number of aliphatic hydroxyl groups excluding tert-OH is 3. The van der Waals surface area contributed by atoms with Crippen molar-refractivity contribution < 1.29 is 34.0 Å². The van der Waals surface area contributed by atoms with Gasteiger partial charge in [-0.25, -0.2) is 0 Å². The topological polar surface area (TPSA) is 109 Å². The van der Waals surface area contributed by atoms with Crippen LogP contribution in [-0.4, -0.2) is 52.8 Å². The Morgan fingerprint density at radius 1 is 1.43 bits per heavy atom. The third kappa shape index (κ3) is 3.39. The van der Waals surface area contributed by atoms with Gasteiger partial charge in [-0.1, -0.05) is 0 Å². The number of carbonyl (C=O) groups is 1. The van der Waals surface area contributed by atoms with Crippen molar-refractivity contribution in [1.29, 1.82) is 0 Å². The number of Topliss-reactive ketones (excluding diaryl/α,β-unsaturated/α-hetero) is 1. The molecule has 0 saturated carbocycles. The maximum atomic E-state index is 12.2. The number of hydrogen-bond acceptors (Lipinski definition) is 7. The largest absolute Gasteiger partial charge is 0.459 e. The summed E-state index contributed by atoms with van der Waals surface area (Å²) in [5, 5.41) is 27.8. The fraction of sp³-hybridized carbons (Fsp3) is 0.500. The Balaban J connectivity index is 2.29. The van der Waals surface area contributed by atoms with Gasteiger partial charge in [-0.15, -0.1) is 0 Å². The SMILES string of the molecule is CCOC1O[C@H](C(O)CO)/C(=C/c2ccc(CO)o2)C1=O. The van der Waals surface area contributed by atoms with Gasteiger partial charge in [0.1, 0.15) is 30.3 Å². The molecule has 0 radical (unpaired) electrons. The van der Waals surface area contributed by atoms with Crippen molar-refractivity contribution in [3.8, 4) is 0 Å². The minimum absolute atomic E-state index is 0.161. The maximum Gasteiger partial charge on any atom is 0.223 e. The molecule has 0 aliphatic carbocycles. The summed E-state index contributed by atoms with van der Waals surface area (Å²) in [4.78, 5) is 12.2. The van der Waals surface area contributed by atoms with Gasteiger partial charge in [0.2, 0.25) is 12.1 Å². The van der Waals surface area contributed by atoms with Crippen LogP contribution in [0.2, 0.25) is 0 Å². The zero-order valence-electron chi connectivity index (χ0n) is 11.6. The number of carbonyl (C=O) groups excluding carboxylic acids is 1. The van der Waals surface area contributed by atoms with E-state index in [1.54, 1.807) is 19.1 Å². The van der Waals surface area contributed by atoms with Crippen LogP contribution in [0.4, 0.5) is 0 Å². The smallest absolute Gasteiger partial charge is 0.223 e. The van der Waals surface area contributed by atoms with Crippen LogP contribution in [0.5, 0.6) is 0 Å². The average molecular weight is 298 g/mol. The third-order valence-electron chi connectivity index (χ3n) is 3.07. The first-order chi connectivity index (χ1) is 10.1. The van der Waals surface area contributed by atoms with E-state index in [9.17, 15) is 9.90 Å². The molecule has 3 N–H and O–H groups in total. The Morgan fingerprint density at radius 2 is 2.19 bits per heavy atom. The van der Waals surface area contributed by atoms with Crippen LogP contribution in [0.15, 0.2) is 22.1 Å². The van der Waals surface area contributed by atoms with Gasteiger partial charge in [-0.2, -0.15) is 0 Å². The fourth-order valence-corrected chi connectivity index (χ4v) is 2.07. The second-order valence-electron chi connectivity index (χ2n) is 4.52. The summed E-state index contributed by atoms with van der Waals surface area (Å²) in [6.07, 6.45) is -1.90. The van der Waals surface area contributed by atoms with Gasteiger partial charge < -0.3 is 29.2 Å². The maximum absolute atomic E-state index is 12.2. The number of aliphatic hydroxyl groups is 3. The number of rotatable bonds is 6. The zero-order valence-corrected chi connectivity index (χ0v) is 11.6. The highest BCUT2D eigenvalue weighted by molar-refractivity contribution is 6.04. The number of ether oxygens (including phenoxy) is 2. The lowest BCUT2D eigenvalue weighted by molar-refractivity contribution is -0.166. The molecule has 0 amide bonds. The quantitative estimate of drug-likeness (QED) is 0.626. The minimum atomic E-state index is -1.24. The molecule has 116 valence electrons.